The number of likely N-dealkylation sites (tertiary alicyclic amines) is 1. The average molecular weight is 408 g/mol. The Labute approximate surface area is 173 Å². The average Bonchev–Trinajstić information content (AvgIpc) is 3.34. The minimum Gasteiger partial charge on any atom is -0.479 e. The van der Waals surface area contributed by atoms with Crippen LogP contribution in [0.1, 0.15) is 37.1 Å². The molecular weight excluding hydrogens is 384 g/mol. The number of carbonyl (C=O) groups excluding carboxylic acids is 2. The summed E-state index contributed by atoms with van der Waals surface area (Å²) < 4.78 is 5.34. The van der Waals surface area contributed by atoms with E-state index >= 15 is 0 Å². The maximum atomic E-state index is 12.5. The first kappa shape index (κ1) is 19.7. The maximum Gasteiger partial charge on any atom is 0.320 e. The molecule has 1 aromatic carbocycles. The first-order valence-corrected chi connectivity index (χ1v) is 9.87. The van der Waals surface area contributed by atoms with E-state index in [0.29, 0.717) is 47.8 Å². The van der Waals surface area contributed by atoms with Gasteiger partial charge in [0.25, 0.3) is 0 Å². The van der Waals surface area contributed by atoms with Crippen molar-refractivity contribution in [2.45, 2.75) is 32.4 Å². The highest BCUT2D eigenvalue weighted by molar-refractivity contribution is 5.93. The van der Waals surface area contributed by atoms with Gasteiger partial charge in [0.05, 0.1) is 36.3 Å². The van der Waals surface area contributed by atoms with Crippen molar-refractivity contribution in [3.63, 3.8) is 0 Å². The van der Waals surface area contributed by atoms with Crippen molar-refractivity contribution in [3.05, 3.63) is 47.7 Å². The fourth-order valence-corrected chi connectivity index (χ4v) is 3.64. The lowest BCUT2D eigenvalue weighted by atomic mass is 10.1. The van der Waals surface area contributed by atoms with Gasteiger partial charge in [-0.2, -0.15) is 0 Å². The van der Waals surface area contributed by atoms with Crippen LogP contribution in [0.4, 0.5) is 10.6 Å². The Morgan fingerprint density at radius 3 is 2.83 bits per heavy atom. The number of fused-ring (bicyclic) bond motifs is 1. The van der Waals surface area contributed by atoms with Gasteiger partial charge in [0.1, 0.15) is 5.82 Å². The molecule has 0 unspecified atom stereocenters. The summed E-state index contributed by atoms with van der Waals surface area (Å²) in [6, 6.07) is 10.9. The molecule has 0 bridgehead atoms. The highest BCUT2D eigenvalue weighted by atomic mass is 16.5. The van der Waals surface area contributed by atoms with E-state index in [4.69, 9.17) is 4.74 Å². The molecule has 9 heteroatoms. The summed E-state index contributed by atoms with van der Waals surface area (Å²) in [5.41, 5.74) is 2.30. The number of methoxy groups -OCH3 is 1. The Hall–Kier alpha value is -3.62. The second-order valence-electron chi connectivity index (χ2n) is 7.26. The predicted molar refractivity (Wildman–Crippen MR) is 112 cm³/mol. The van der Waals surface area contributed by atoms with E-state index in [-0.39, 0.29) is 18.0 Å². The lowest BCUT2D eigenvalue weighted by Gasteiger charge is -2.17. The molecule has 1 fully saturated rings. The largest absolute Gasteiger partial charge is 0.479 e. The number of H-pyrrole nitrogens is 1. The number of benzene rings is 1. The number of nitrogens with one attached hydrogen (secondary N) is 3. The zero-order valence-electron chi connectivity index (χ0n) is 16.9. The molecule has 30 heavy (non-hydrogen) atoms. The molecule has 4 rings (SSSR count). The predicted octanol–water partition coefficient (Wildman–Crippen LogP) is 2.97. The van der Waals surface area contributed by atoms with Gasteiger partial charge in [0.15, 0.2) is 0 Å². The van der Waals surface area contributed by atoms with Crippen LogP contribution < -0.4 is 15.4 Å². The molecule has 3 amide bonds. The van der Waals surface area contributed by atoms with Gasteiger partial charge in [0, 0.05) is 19.0 Å². The van der Waals surface area contributed by atoms with Crippen LogP contribution in [0.3, 0.4) is 0 Å². The van der Waals surface area contributed by atoms with E-state index in [2.05, 4.69) is 25.8 Å². The third kappa shape index (κ3) is 4.05. The van der Waals surface area contributed by atoms with E-state index in [1.165, 1.54) is 7.11 Å². The standard InChI is InChI=1S/C21H24N6O3/c1-13(14-7-4-3-5-8-14)22-21(29)24-17-11-15-19(20(30-2)26-25-15)16(23-17)12-27-10-6-9-18(27)28/h3-5,7-8,11,13H,6,9-10,12H2,1-2H3,(H,25,26)(H2,22,23,24,29)/t13-/m1/s1. The SMILES string of the molecule is COc1n[nH]c2cc(NC(=O)N[C@H](C)c3ccccc3)nc(CN3CCCC3=O)c12. The minimum atomic E-state index is -0.368. The molecule has 0 aliphatic carbocycles. The molecule has 3 N–H and O–H groups in total. The van der Waals surface area contributed by atoms with Gasteiger partial charge in [-0.3, -0.25) is 15.2 Å². The molecule has 3 aromatic rings. The summed E-state index contributed by atoms with van der Waals surface area (Å²) in [5, 5.41) is 13.5. The van der Waals surface area contributed by atoms with Crippen molar-refractivity contribution < 1.29 is 14.3 Å². The van der Waals surface area contributed by atoms with Crippen molar-refractivity contribution in [3.8, 4) is 5.88 Å². The number of hydrogen-bond acceptors (Lipinski definition) is 5. The topological polar surface area (TPSA) is 112 Å². The number of carbonyl (C=O) groups is 2. The molecule has 3 heterocycles. The van der Waals surface area contributed by atoms with Gasteiger partial charge in [-0.1, -0.05) is 30.3 Å². The van der Waals surface area contributed by atoms with Crippen LogP contribution in [0.15, 0.2) is 36.4 Å². The fraction of sp³-hybridized carbons (Fsp3) is 0.333. The summed E-state index contributed by atoms with van der Waals surface area (Å²) in [5.74, 6) is 0.876. The third-order valence-corrected chi connectivity index (χ3v) is 5.18. The fourth-order valence-electron chi connectivity index (χ4n) is 3.64. The van der Waals surface area contributed by atoms with E-state index in [9.17, 15) is 9.59 Å². The van der Waals surface area contributed by atoms with Crippen molar-refractivity contribution >= 4 is 28.7 Å². The van der Waals surface area contributed by atoms with Crippen molar-refractivity contribution in [2.24, 2.45) is 0 Å². The maximum absolute atomic E-state index is 12.5. The first-order valence-electron chi connectivity index (χ1n) is 9.87. The monoisotopic (exact) mass is 408 g/mol. The number of pyridine rings is 1. The summed E-state index contributed by atoms with van der Waals surface area (Å²) in [6.07, 6.45) is 1.38. The Kier molecular flexibility index (Phi) is 5.51. The highest BCUT2D eigenvalue weighted by Gasteiger charge is 2.24. The van der Waals surface area contributed by atoms with E-state index in [1.807, 2.05) is 37.3 Å². The summed E-state index contributed by atoms with van der Waals surface area (Å²) in [6.45, 7) is 2.94. The van der Waals surface area contributed by atoms with Crippen LogP contribution in [-0.4, -0.2) is 45.7 Å². The lowest BCUT2D eigenvalue weighted by Crippen LogP contribution is -2.31. The Morgan fingerprint density at radius 1 is 1.33 bits per heavy atom. The number of anilines is 1. The van der Waals surface area contributed by atoms with Gasteiger partial charge in [-0.15, -0.1) is 5.10 Å². The third-order valence-electron chi connectivity index (χ3n) is 5.18. The Bertz CT molecular complexity index is 1070. The quantitative estimate of drug-likeness (QED) is 0.580. The number of nitrogens with zero attached hydrogens (tertiary/aromatic N) is 3. The van der Waals surface area contributed by atoms with Crippen molar-refractivity contribution in [1.29, 1.82) is 0 Å². The van der Waals surface area contributed by atoms with E-state index in [1.54, 1.807) is 11.0 Å². The van der Waals surface area contributed by atoms with Crippen LogP contribution in [0.2, 0.25) is 0 Å². The van der Waals surface area contributed by atoms with Crippen LogP contribution in [0.5, 0.6) is 5.88 Å². The van der Waals surface area contributed by atoms with Gasteiger partial charge in [-0.25, -0.2) is 9.78 Å². The van der Waals surface area contributed by atoms with Crippen LogP contribution in [-0.2, 0) is 11.3 Å². The first-order chi connectivity index (χ1) is 14.5. The smallest absolute Gasteiger partial charge is 0.320 e. The number of aromatic amines is 1. The van der Waals surface area contributed by atoms with Crippen LogP contribution in [0, 0.1) is 0 Å². The van der Waals surface area contributed by atoms with Crippen molar-refractivity contribution in [2.75, 3.05) is 19.0 Å². The van der Waals surface area contributed by atoms with Gasteiger partial charge in [-0.05, 0) is 18.9 Å². The van der Waals surface area contributed by atoms with Crippen molar-refractivity contribution in [1.82, 2.24) is 25.4 Å². The summed E-state index contributed by atoms with van der Waals surface area (Å²) in [7, 11) is 1.53. The molecule has 156 valence electrons. The highest BCUT2D eigenvalue weighted by Crippen LogP contribution is 2.29. The molecule has 1 aliphatic heterocycles. The number of rotatable bonds is 6. The summed E-state index contributed by atoms with van der Waals surface area (Å²) in [4.78, 5) is 31.0. The zero-order valence-corrected chi connectivity index (χ0v) is 16.9. The molecule has 1 atom stereocenters. The second-order valence-corrected chi connectivity index (χ2v) is 7.26. The molecule has 0 radical (unpaired) electrons. The molecule has 2 aromatic heterocycles. The number of amides is 3. The minimum absolute atomic E-state index is 0.0974. The normalized spacial score (nSPS) is 14.7. The molecule has 1 saturated heterocycles. The number of aromatic nitrogens is 3. The Morgan fingerprint density at radius 2 is 2.13 bits per heavy atom. The van der Waals surface area contributed by atoms with E-state index in [0.717, 1.165) is 12.0 Å². The number of ether oxygens (including phenoxy) is 1. The molecular formula is C21H24N6O3. The molecule has 0 saturated carbocycles. The van der Waals surface area contributed by atoms with Crippen LogP contribution >= 0.6 is 0 Å². The molecule has 1 aliphatic rings. The van der Waals surface area contributed by atoms with E-state index < -0.39 is 0 Å². The molecule has 0 spiro atoms. The summed E-state index contributed by atoms with van der Waals surface area (Å²) >= 11 is 0. The van der Waals surface area contributed by atoms with Gasteiger partial charge >= 0.3 is 6.03 Å². The number of hydrogen-bond donors (Lipinski definition) is 3. The Balaban J connectivity index is 1.56. The second kappa shape index (κ2) is 8.40. The van der Waals surface area contributed by atoms with Crippen LogP contribution in [0.25, 0.3) is 10.9 Å². The zero-order chi connectivity index (χ0) is 21.1. The number of urea groups is 1. The molecule has 9 nitrogen and oxygen atoms in total. The van der Waals surface area contributed by atoms with Gasteiger partial charge < -0.3 is 15.0 Å². The van der Waals surface area contributed by atoms with Gasteiger partial charge in [0.2, 0.25) is 11.8 Å². The lowest BCUT2D eigenvalue weighted by molar-refractivity contribution is -0.128.